The fourth-order valence-corrected chi connectivity index (χ4v) is 5.85. The first-order valence-corrected chi connectivity index (χ1v) is 11.2. The maximum Gasteiger partial charge on any atom is 0.122 e. The van der Waals surface area contributed by atoms with Gasteiger partial charge in [0.2, 0.25) is 0 Å². The molecule has 3 aromatic carbocycles. The summed E-state index contributed by atoms with van der Waals surface area (Å²) in [7, 11) is -1.87. The Kier molecular flexibility index (Phi) is 4.54. The lowest BCUT2D eigenvalue weighted by Gasteiger charge is -2.25. The first kappa shape index (κ1) is 15.8. The molecule has 0 heterocycles. The molecule has 0 bridgehead atoms. The lowest BCUT2D eigenvalue weighted by molar-refractivity contribution is 1.65. The molecule has 0 spiro atoms. The molecule has 0 amide bonds. The fraction of sp³-hybridized carbons (Fsp3) is 0.0952. The minimum absolute atomic E-state index is 1.21. The van der Waals surface area contributed by atoms with Gasteiger partial charge in [0, 0.05) is 5.54 Å². The van der Waals surface area contributed by atoms with Crippen molar-refractivity contribution in [3.05, 3.63) is 89.6 Å². The van der Waals surface area contributed by atoms with Crippen LogP contribution in [-0.2, 0) is 0 Å². The zero-order valence-corrected chi connectivity index (χ0v) is 15.1. The van der Waals surface area contributed by atoms with Crippen LogP contribution in [0.3, 0.4) is 0 Å². The summed E-state index contributed by atoms with van der Waals surface area (Å²) in [6.07, 6.45) is 0. The predicted molar refractivity (Wildman–Crippen MR) is 105 cm³/mol. The van der Waals surface area contributed by atoms with Gasteiger partial charge >= 0.3 is 0 Å². The number of fused-ring (bicyclic) bond motifs is 1. The van der Waals surface area contributed by atoms with E-state index in [0.29, 0.717) is 0 Å². The molecule has 114 valence electrons. The molecule has 0 N–H and O–H groups in total. The largest absolute Gasteiger partial charge is 0.122 e. The molecular weight excluding hydrogens is 316 g/mol. The number of hydrogen-bond donors (Lipinski definition) is 0. The molecule has 0 aliphatic carbocycles. The Morgan fingerprint density at radius 1 is 0.870 bits per heavy atom. The van der Waals surface area contributed by atoms with Crippen LogP contribution in [0.1, 0.15) is 5.56 Å². The van der Waals surface area contributed by atoms with Crippen LogP contribution in [0, 0.1) is 0 Å². The van der Waals surface area contributed by atoms with Crippen LogP contribution in [0.25, 0.3) is 16.0 Å². The van der Waals surface area contributed by atoms with Crippen molar-refractivity contribution < 1.29 is 0 Å². The second-order valence-electron chi connectivity index (χ2n) is 6.18. The number of benzene rings is 3. The van der Waals surface area contributed by atoms with Crippen LogP contribution in [0.5, 0.6) is 0 Å². The average Bonchev–Trinajstić information content (AvgIpc) is 2.60. The second-order valence-corrected chi connectivity index (χ2v) is 10.7. The molecule has 0 radical (unpaired) electrons. The molecule has 3 aromatic rings. The highest BCUT2D eigenvalue weighted by Gasteiger charge is 2.29. The van der Waals surface area contributed by atoms with Crippen molar-refractivity contribution in [1.29, 1.82) is 0 Å². The van der Waals surface area contributed by atoms with Gasteiger partial charge in [-0.1, -0.05) is 96.6 Å². The number of halogens is 1. The van der Waals surface area contributed by atoms with Gasteiger partial charge < -0.3 is 0 Å². The van der Waals surface area contributed by atoms with Crippen LogP contribution in [0.15, 0.2) is 84.1 Å². The third kappa shape index (κ3) is 3.18. The van der Waals surface area contributed by atoms with E-state index in [4.69, 9.17) is 11.6 Å². The van der Waals surface area contributed by atoms with E-state index in [1.807, 2.05) is 0 Å². The van der Waals surface area contributed by atoms with Crippen molar-refractivity contribution in [3.8, 4) is 0 Å². The van der Waals surface area contributed by atoms with E-state index in [9.17, 15) is 0 Å². The van der Waals surface area contributed by atoms with Gasteiger partial charge in [-0.05, 0) is 27.6 Å². The summed E-state index contributed by atoms with van der Waals surface area (Å²) in [5.41, 5.74) is 6.05. The zero-order valence-electron chi connectivity index (χ0n) is 13.4. The molecule has 3 rings (SSSR count). The Balaban J connectivity index is 2.17. The summed E-state index contributed by atoms with van der Waals surface area (Å²) in [4.78, 5) is 0. The molecule has 0 unspecified atom stereocenters. The van der Waals surface area contributed by atoms with Crippen LogP contribution in [-0.4, -0.2) is 8.07 Å². The average molecular weight is 335 g/mol. The molecule has 0 saturated carbocycles. The summed E-state index contributed by atoms with van der Waals surface area (Å²) in [5.74, 6) is 0. The predicted octanol–water partition coefficient (Wildman–Crippen LogP) is 5.73. The molecule has 23 heavy (non-hydrogen) atoms. The van der Waals surface area contributed by atoms with Crippen LogP contribution in [0.2, 0.25) is 13.1 Å². The van der Waals surface area contributed by atoms with Crippen molar-refractivity contribution in [1.82, 2.24) is 0 Å². The minimum atomic E-state index is -1.87. The quantitative estimate of drug-likeness (QED) is 0.424. The summed E-state index contributed by atoms with van der Waals surface area (Å²) in [5, 5.41) is 5.11. The van der Waals surface area contributed by atoms with E-state index >= 15 is 0 Å². The Labute approximate surface area is 143 Å². The second kappa shape index (κ2) is 6.60. The standard InChI is InChI=1S/C21H19ClSi/c1-23(2,20-10-4-3-5-11-20)21(14-15-22)19-13-12-17-8-6-7-9-18(17)16-19/h3-13,15-16H,1-2H3. The topological polar surface area (TPSA) is 0 Å². The molecular formula is C21H19ClSi. The maximum atomic E-state index is 5.92. The van der Waals surface area contributed by atoms with Gasteiger partial charge in [-0.15, -0.1) is 5.73 Å². The summed E-state index contributed by atoms with van der Waals surface area (Å²) in [6, 6.07) is 25.7. The third-order valence-corrected chi connectivity index (χ3v) is 7.93. The summed E-state index contributed by atoms with van der Waals surface area (Å²) >= 11 is 5.92. The van der Waals surface area contributed by atoms with Crippen molar-refractivity contribution in [2.45, 2.75) is 13.1 Å². The minimum Gasteiger partial charge on any atom is -0.109 e. The van der Waals surface area contributed by atoms with E-state index in [1.54, 1.807) is 0 Å². The highest BCUT2D eigenvalue weighted by atomic mass is 35.5. The molecule has 2 heteroatoms. The van der Waals surface area contributed by atoms with Crippen molar-refractivity contribution >= 4 is 40.8 Å². The third-order valence-electron chi connectivity index (χ3n) is 4.36. The van der Waals surface area contributed by atoms with Crippen molar-refractivity contribution in [2.24, 2.45) is 0 Å². The highest BCUT2D eigenvalue weighted by Crippen LogP contribution is 2.28. The first-order chi connectivity index (χ1) is 11.1. The van der Waals surface area contributed by atoms with Crippen LogP contribution < -0.4 is 5.19 Å². The van der Waals surface area contributed by atoms with Gasteiger partial charge in [-0.3, -0.25) is 0 Å². The van der Waals surface area contributed by atoms with Gasteiger partial charge in [0.15, 0.2) is 0 Å². The fourth-order valence-electron chi connectivity index (χ4n) is 3.02. The first-order valence-electron chi connectivity index (χ1n) is 7.73. The van der Waals surface area contributed by atoms with Gasteiger partial charge in [-0.25, -0.2) is 0 Å². The van der Waals surface area contributed by atoms with E-state index in [2.05, 4.69) is 91.6 Å². The number of rotatable bonds is 3. The smallest absolute Gasteiger partial charge is 0.109 e. The van der Waals surface area contributed by atoms with Gasteiger partial charge in [0.1, 0.15) is 8.07 Å². The maximum absolute atomic E-state index is 5.92. The Morgan fingerprint density at radius 2 is 1.52 bits per heavy atom. The number of hydrogen-bond acceptors (Lipinski definition) is 0. The Bertz CT molecular complexity index is 888. The van der Waals surface area contributed by atoms with E-state index in [0.717, 1.165) is 0 Å². The van der Waals surface area contributed by atoms with Gasteiger partial charge in [0.25, 0.3) is 0 Å². The van der Waals surface area contributed by atoms with E-state index in [1.165, 1.54) is 32.3 Å². The lowest BCUT2D eigenvalue weighted by atomic mass is 10.1. The normalized spacial score (nSPS) is 11.1. The molecule has 0 aliphatic rings. The van der Waals surface area contributed by atoms with Crippen molar-refractivity contribution in [2.75, 3.05) is 0 Å². The zero-order chi connectivity index (χ0) is 16.3. The van der Waals surface area contributed by atoms with E-state index in [-0.39, 0.29) is 0 Å². The highest BCUT2D eigenvalue weighted by molar-refractivity contribution is 7.04. The molecule has 0 fully saturated rings. The van der Waals surface area contributed by atoms with Gasteiger partial charge in [0.05, 0.1) is 0 Å². The molecule has 0 atom stereocenters. The summed E-state index contributed by atoms with van der Waals surface area (Å²) in [6.45, 7) is 4.69. The monoisotopic (exact) mass is 334 g/mol. The SMILES string of the molecule is C[Si](C)(C(=C=CCl)c1ccc2ccccc2c1)c1ccccc1. The van der Waals surface area contributed by atoms with Crippen molar-refractivity contribution in [3.63, 3.8) is 0 Å². The van der Waals surface area contributed by atoms with E-state index < -0.39 is 8.07 Å². The molecule has 0 aromatic heterocycles. The van der Waals surface area contributed by atoms with Crippen LogP contribution in [0.4, 0.5) is 0 Å². The molecule has 0 nitrogen and oxygen atoms in total. The Hall–Kier alpha value is -2.05. The Morgan fingerprint density at radius 3 is 2.22 bits per heavy atom. The van der Waals surface area contributed by atoms with Gasteiger partial charge in [-0.2, -0.15) is 0 Å². The lowest BCUT2D eigenvalue weighted by Crippen LogP contribution is -2.42. The molecule has 0 saturated heterocycles. The summed E-state index contributed by atoms with van der Waals surface area (Å²) < 4.78 is 0. The molecule has 0 aliphatic heterocycles. The van der Waals surface area contributed by atoms with Crippen LogP contribution >= 0.6 is 11.6 Å².